The molecule has 2 aromatic carbocycles. The summed E-state index contributed by atoms with van der Waals surface area (Å²) in [6.45, 7) is 14.5. The molecule has 4 rings (SSSR count). The molecule has 2 saturated heterocycles. The van der Waals surface area contributed by atoms with E-state index in [0.717, 1.165) is 45.8 Å². The van der Waals surface area contributed by atoms with Gasteiger partial charge in [-0.05, 0) is 50.1 Å². The van der Waals surface area contributed by atoms with Crippen molar-refractivity contribution in [1.29, 1.82) is 0 Å². The molecule has 0 aliphatic carbocycles. The van der Waals surface area contributed by atoms with Crippen molar-refractivity contribution in [3.63, 3.8) is 0 Å². The fourth-order valence-electron chi connectivity index (χ4n) is 4.66. The number of piperazine rings is 2. The molecule has 5 heteroatoms. The largest absolute Gasteiger partial charge is 0.368 e. The van der Waals surface area contributed by atoms with Gasteiger partial charge in [0.15, 0.2) is 0 Å². The fraction of sp³-hybridized carbons (Fsp3) is 0.500. The molecule has 0 aromatic heterocycles. The molecular weight excluding hydrogens is 380 g/mol. The second-order valence-corrected chi connectivity index (χ2v) is 8.47. The standard InChI is InChI=1S/C24H34N4.ClH/c1-19-15-23(28-12-11-25-16-20(28)2)9-10-24(19)27-14-13-26(21(3)17-27)18-22-7-5-4-6-8-22;/h4-10,15,20-21,25H,11-14,16-18H2,1-3H3;1H/t20-,21-;/m1./s1. The number of halogens is 1. The van der Waals surface area contributed by atoms with Crippen molar-refractivity contribution in [3.8, 4) is 0 Å². The number of benzene rings is 2. The molecule has 0 amide bonds. The van der Waals surface area contributed by atoms with E-state index in [9.17, 15) is 0 Å². The van der Waals surface area contributed by atoms with E-state index in [1.165, 1.54) is 22.5 Å². The van der Waals surface area contributed by atoms with Gasteiger partial charge in [0.2, 0.25) is 0 Å². The van der Waals surface area contributed by atoms with Crippen LogP contribution in [0.4, 0.5) is 11.4 Å². The molecule has 2 atom stereocenters. The second-order valence-electron chi connectivity index (χ2n) is 8.47. The minimum absolute atomic E-state index is 0. The first-order valence-corrected chi connectivity index (χ1v) is 10.7. The number of hydrogen-bond donors (Lipinski definition) is 1. The van der Waals surface area contributed by atoms with E-state index in [-0.39, 0.29) is 12.4 Å². The van der Waals surface area contributed by atoms with E-state index in [2.05, 4.69) is 89.3 Å². The lowest BCUT2D eigenvalue weighted by Gasteiger charge is -2.42. The zero-order chi connectivity index (χ0) is 19.5. The molecule has 1 N–H and O–H groups in total. The molecule has 4 nitrogen and oxygen atoms in total. The first kappa shape index (κ1) is 21.9. The SMILES string of the molecule is Cc1cc(N2CCNC[C@H]2C)ccc1N1CCN(Cc2ccccc2)[C@H](C)C1.Cl. The van der Waals surface area contributed by atoms with Crippen molar-refractivity contribution in [2.45, 2.75) is 39.4 Å². The number of rotatable bonds is 4. The Bertz CT molecular complexity index is 782. The second kappa shape index (κ2) is 9.84. The van der Waals surface area contributed by atoms with Crippen molar-refractivity contribution in [2.24, 2.45) is 0 Å². The molecule has 2 aliphatic rings. The zero-order valence-corrected chi connectivity index (χ0v) is 18.8. The summed E-state index contributed by atoms with van der Waals surface area (Å²) in [6, 6.07) is 19.0. The minimum Gasteiger partial charge on any atom is -0.368 e. The minimum atomic E-state index is 0. The molecule has 0 bridgehead atoms. The molecule has 158 valence electrons. The quantitative estimate of drug-likeness (QED) is 0.818. The van der Waals surface area contributed by atoms with Gasteiger partial charge in [-0.25, -0.2) is 0 Å². The molecule has 0 spiro atoms. The number of nitrogens with one attached hydrogen (secondary N) is 1. The Morgan fingerprint density at radius 3 is 2.45 bits per heavy atom. The summed E-state index contributed by atoms with van der Waals surface area (Å²) >= 11 is 0. The van der Waals surface area contributed by atoms with E-state index in [1.54, 1.807) is 0 Å². The Morgan fingerprint density at radius 2 is 1.76 bits per heavy atom. The Labute approximate surface area is 182 Å². The molecule has 2 aliphatic heterocycles. The van der Waals surface area contributed by atoms with Crippen LogP contribution in [0.15, 0.2) is 48.5 Å². The summed E-state index contributed by atoms with van der Waals surface area (Å²) in [4.78, 5) is 7.72. The van der Waals surface area contributed by atoms with Crippen LogP contribution in [0, 0.1) is 6.92 Å². The van der Waals surface area contributed by atoms with Gasteiger partial charge in [-0.15, -0.1) is 12.4 Å². The van der Waals surface area contributed by atoms with Crippen LogP contribution in [0.1, 0.15) is 25.0 Å². The third kappa shape index (κ3) is 5.06. The number of nitrogens with zero attached hydrogens (tertiary/aromatic N) is 3. The molecule has 0 saturated carbocycles. The lowest BCUT2D eigenvalue weighted by Crippen LogP contribution is -2.51. The van der Waals surface area contributed by atoms with Gasteiger partial charge in [0.25, 0.3) is 0 Å². The van der Waals surface area contributed by atoms with E-state index in [0.29, 0.717) is 12.1 Å². The Kier molecular flexibility index (Phi) is 7.44. The maximum atomic E-state index is 3.48. The topological polar surface area (TPSA) is 21.8 Å². The smallest absolute Gasteiger partial charge is 0.0398 e. The fourth-order valence-corrected chi connectivity index (χ4v) is 4.66. The van der Waals surface area contributed by atoms with Gasteiger partial charge in [-0.3, -0.25) is 4.90 Å². The average Bonchev–Trinajstić information content (AvgIpc) is 2.71. The van der Waals surface area contributed by atoms with Crippen LogP contribution in [0.5, 0.6) is 0 Å². The van der Waals surface area contributed by atoms with Crippen LogP contribution in [0.25, 0.3) is 0 Å². The average molecular weight is 415 g/mol. The summed E-state index contributed by atoms with van der Waals surface area (Å²) in [5.74, 6) is 0. The molecule has 2 heterocycles. The zero-order valence-electron chi connectivity index (χ0n) is 18.0. The summed E-state index contributed by atoms with van der Waals surface area (Å²) in [5.41, 5.74) is 5.57. The van der Waals surface area contributed by atoms with Crippen LogP contribution in [-0.4, -0.2) is 56.3 Å². The van der Waals surface area contributed by atoms with Gasteiger partial charge in [-0.2, -0.15) is 0 Å². The van der Waals surface area contributed by atoms with Crippen LogP contribution in [0.3, 0.4) is 0 Å². The number of hydrogen-bond acceptors (Lipinski definition) is 4. The van der Waals surface area contributed by atoms with Gasteiger partial charge in [0.05, 0.1) is 0 Å². The molecule has 29 heavy (non-hydrogen) atoms. The Balaban J connectivity index is 0.00000240. The van der Waals surface area contributed by atoms with Crippen molar-refractivity contribution < 1.29 is 0 Å². The van der Waals surface area contributed by atoms with Gasteiger partial charge < -0.3 is 15.1 Å². The highest BCUT2D eigenvalue weighted by Gasteiger charge is 2.25. The summed E-state index contributed by atoms with van der Waals surface area (Å²) in [7, 11) is 0. The molecule has 0 radical (unpaired) electrons. The number of anilines is 2. The normalized spacial score (nSPS) is 23.0. The highest BCUT2D eigenvalue weighted by Crippen LogP contribution is 2.29. The third-order valence-electron chi connectivity index (χ3n) is 6.35. The van der Waals surface area contributed by atoms with E-state index < -0.39 is 0 Å². The van der Waals surface area contributed by atoms with Crippen LogP contribution in [0.2, 0.25) is 0 Å². The molecule has 2 fully saturated rings. The highest BCUT2D eigenvalue weighted by atomic mass is 35.5. The lowest BCUT2D eigenvalue weighted by molar-refractivity contribution is 0.181. The van der Waals surface area contributed by atoms with E-state index >= 15 is 0 Å². The van der Waals surface area contributed by atoms with Crippen LogP contribution < -0.4 is 15.1 Å². The summed E-state index contributed by atoms with van der Waals surface area (Å²) in [6.07, 6.45) is 0. The van der Waals surface area contributed by atoms with Crippen LogP contribution >= 0.6 is 12.4 Å². The molecule has 0 unspecified atom stereocenters. The van der Waals surface area contributed by atoms with E-state index in [1.807, 2.05) is 0 Å². The summed E-state index contributed by atoms with van der Waals surface area (Å²) in [5, 5.41) is 3.48. The van der Waals surface area contributed by atoms with Gasteiger partial charge in [0.1, 0.15) is 0 Å². The first-order valence-electron chi connectivity index (χ1n) is 10.7. The molecular formula is C24H35ClN4. The van der Waals surface area contributed by atoms with Crippen molar-refractivity contribution in [3.05, 3.63) is 59.7 Å². The van der Waals surface area contributed by atoms with Crippen LogP contribution in [-0.2, 0) is 6.54 Å². The van der Waals surface area contributed by atoms with Crippen molar-refractivity contribution in [2.75, 3.05) is 49.1 Å². The highest BCUT2D eigenvalue weighted by molar-refractivity contribution is 5.85. The van der Waals surface area contributed by atoms with Gasteiger partial charge in [-0.1, -0.05) is 30.3 Å². The predicted molar refractivity (Wildman–Crippen MR) is 127 cm³/mol. The number of aryl methyl sites for hydroxylation is 1. The van der Waals surface area contributed by atoms with Crippen molar-refractivity contribution in [1.82, 2.24) is 10.2 Å². The maximum Gasteiger partial charge on any atom is 0.0398 e. The van der Waals surface area contributed by atoms with Crippen molar-refractivity contribution >= 4 is 23.8 Å². The Hall–Kier alpha value is -1.75. The van der Waals surface area contributed by atoms with E-state index in [4.69, 9.17) is 0 Å². The predicted octanol–water partition coefficient (Wildman–Crippen LogP) is 3.93. The lowest BCUT2D eigenvalue weighted by atomic mass is 10.1. The Morgan fingerprint density at radius 1 is 0.966 bits per heavy atom. The summed E-state index contributed by atoms with van der Waals surface area (Å²) < 4.78 is 0. The maximum absolute atomic E-state index is 3.48. The monoisotopic (exact) mass is 414 g/mol. The first-order chi connectivity index (χ1) is 13.6. The van der Waals surface area contributed by atoms with Gasteiger partial charge >= 0.3 is 0 Å². The van der Waals surface area contributed by atoms with Gasteiger partial charge in [0, 0.05) is 69.3 Å². The molecule has 2 aromatic rings. The third-order valence-corrected chi connectivity index (χ3v) is 6.35.